The van der Waals surface area contributed by atoms with Gasteiger partial charge in [-0.2, -0.15) is 0 Å². The van der Waals surface area contributed by atoms with Crippen LogP contribution in [0.3, 0.4) is 0 Å². The summed E-state index contributed by atoms with van der Waals surface area (Å²) in [6, 6.07) is 2.33. The molecule has 3 N–H and O–H groups in total. The second kappa shape index (κ2) is 4.88. The van der Waals surface area contributed by atoms with Gasteiger partial charge in [-0.15, -0.1) is 0 Å². The lowest BCUT2D eigenvalue weighted by molar-refractivity contribution is 0.580. The summed E-state index contributed by atoms with van der Waals surface area (Å²) < 4.78 is 25.9. The quantitative estimate of drug-likeness (QED) is 0.710. The molecule has 0 aromatic carbocycles. The van der Waals surface area contributed by atoms with Crippen molar-refractivity contribution in [1.29, 1.82) is 0 Å². The SMILES string of the molecule is O=c1ccc(S(=O)(=O)NCc2csc(=O)[nH]2)c[nH]1. The van der Waals surface area contributed by atoms with Gasteiger partial charge in [-0.25, -0.2) is 13.1 Å². The fraction of sp³-hybridized carbons (Fsp3) is 0.111. The van der Waals surface area contributed by atoms with Crippen molar-refractivity contribution in [3.05, 3.63) is 49.4 Å². The number of H-pyrrole nitrogens is 2. The molecule has 2 aromatic rings. The van der Waals surface area contributed by atoms with Gasteiger partial charge in [0, 0.05) is 23.3 Å². The minimum atomic E-state index is -3.70. The number of thiazole rings is 1. The Hall–Kier alpha value is -1.71. The fourth-order valence-corrected chi connectivity index (χ4v) is 2.78. The molecule has 0 bridgehead atoms. The van der Waals surface area contributed by atoms with Crippen molar-refractivity contribution in [3.63, 3.8) is 0 Å². The van der Waals surface area contributed by atoms with E-state index in [-0.39, 0.29) is 21.9 Å². The van der Waals surface area contributed by atoms with Crippen molar-refractivity contribution in [1.82, 2.24) is 14.7 Å². The Morgan fingerprint density at radius 1 is 1.28 bits per heavy atom. The van der Waals surface area contributed by atoms with Gasteiger partial charge in [0.05, 0.1) is 11.4 Å². The van der Waals surface area contributed by atoms with Crippen LogP contribution in [-0.2, 0) is 16.6 Å². The Labute approximate surface area is 106 Å². The van der Waals surface area contributed by atoms with Crippen LogP contribution in [0.25, 0.3) is 0 Å². The molecule has 7 nitrogen and oxygen atoms in total. The number of nitrogens with one attached hydrogen (secondary N) is 3. The highest BCUT2D eigenvalue weighted by Crippen LogP contribution is 2.05. The van der Waals surface area contributed by atoms with Crippen LogP contribution in [0.15, 0.2) is 38.2 Å². The summed E-state index contributed by atoms with van der Waals surface area (Å²) in [5.41, 5.74) is 0.106. The third-order valence-corrected chi connectivity index (χ3v) is 4.21. The summed E-state index contributed by atoms with van der Waals surface area (Å²) in [7, 11) is -3.70. The van der Waals surface area contributed by atoms with Crippen LogP contribution < -0.4 is 15.2 Å². The first-order valence-corrected chi connectivity index (χ1v) is 7.19. The largest absolute Gasteiger partial charge is 0.328 e. The Bertz CT molecular complexity index is 736. The zero-order valence-corrected chi connectivity index (χ0v) is 10.6. The Balaban J connectivity index is 2.15. The summed E-state index contributed by atoms with van der Waals surface area (Å²) >= 11 is 0.959. The molecule has 9 heteroatoms. The normalized spacial score (nSPS) is 11.6. The van der Waals surface area contributed by atoms with E-state index in [1.165, 1.54) is 11.4 Å². The van der Waals surface area contributed by atoms with E-state index in [1.807, 2.05) is 0 Å². The number of aromatic amines is 2. The molecule has 0 radical (unpaired) electrons. The van der Waals surface area contributed by atoms with Crippen molar-refractivity contribution < 1.29 is 8.42 Å². The van der Waals surface area contributed by atoms with E-state index < -0.39 is 10.0 Å². The number of hydrogen-bond acceptors (Lipinski definition) is 5. The zero-order valence-electron chi connectivity index (χ0n) is 8.97. The average Bonchev–Trinajstić information content (AvgIpc) is 2.73. The van der Waals surface area contributed by atoms with Gasteiger partial charge >= 0.3 is 4.87 Å². The van der Waals surface area contributed by atoms with Crippen molar-refractivity contribution in [2.75, 3.05) is 0 Å². The maximum Gasteiger partial charge on any atom is 0.304 e. The van der Waals surface area contributed by atoms with Crippen LogP contribution in [-0.4, -0.2) is 18.4 Å². The van der Waals surface area contributed by atoms with Crippen molar-refractivity contribution in [2.45, 2.75) is 11.4 Å². The van der Waals surface area contributed by atoms with E-state index in [4.69, 9.17) is 0 Å². The lowest BCUT2D eigenvalue weighted by Gasteiger charge is -2.04. The first kappa shape index (κ1) is 12.7. The molecule has 2 heterocycles. The summed E-state index contributed by atoms with van der Waals surface area (Å²) in [4.78, 5) is 26.2. The molecule has 0 unspecified atom stereocenters. The van der Waals surface area contributed by atoms with Crippen LogP contribution in [0.2, 0.25) is 0 Å². The monoisotopic (exact) mass is 287 g/mol. The van der Waals surface area contributed by atoms with Crippen molar-refractivity contribution in [2.24, 2.45) is 0 Å². The van der Waals surface area contributed by atoms with Gasteiger partial charge in [-0.3, -0.25) is 9.59 Å². The van der Waals surface area contributed by atoms with Crippen LogP contribution in [0, 0.1) is 0 Å². The van der Waals surface area contributed by atoms with E-state index in [0.717, 1.165) is 23.6 Å². The van der Waals surface area contributed by atoms with Gasteiger partial charge in [0.15, 0.2) is 0 Å². The smallest absolute Gasteiger partial charge is 0.304 e. The van der Waals surface area contributed by atoms with Gasteiger partial charge < -0.3 is 9.97 Å². The number of pyridine rings is 1. The number of aromatic nitrogens is 2. The second-order valence-corrected chi connectivity index (χ2v) is 6.00. The fourth-order valence-electron chi connectivity index (χ4n) is 1.22. The van der Waals surface area contributed by atoms with Gasteiger partial charge in [-0.1, -0.05) is 11.3 Å². The molecule has 0 atom stereocenters. The highest BCUT2D eigenvalue weighted by atomic mass is 32.2. The second-order valence-electron chi connectivity index (χ2n) is 3.39. The molecule has 96 valence electrons. The molecule has 0 saturated heterocycles. The molecule has 0 spiro atoms. The predicted octanol–water partition coefficient (Wildman–Crippen LogP) is -0.397. The number of sulfonamides is 1. The molecular weight excluding hydrogens is 278 g/mol. The Morgan fingerprint density at radius 3 is 2.61 bits per heavy atom. The Morgan fingerprint density at radius 2 is 2.06 bits per heavy atom. The average molecular weight is 287 g/mol. The van der Waals surface area contributed by atoms with E-state index >= 15 is 0 Å². The molecule has 18 heavy (non-hydrogen) atoms. The standard InChI is InChI=1S/C9H9N3O4S2/c13-8-2-1-7(4-10-8)18(15,16)11-3-6-5-17-9(14)12-6/h1-2,4-5,11H,3H2,(H,10,13)(H,12,14). The van der Waals surface area contributed by atoms with Gasteiger partial charge in [0.2, 0.25) is 15.6 Å². The van der Waals surface area contributed by atoms with Crippen LogP contribution in [0.5, 0.6) is 0 Å². The molecule has 0 aliphatic heterocycles. The minimum Gasteiger partial charge on any atom is -0.328 e. The van der Waals surface area contributed by atoms with E-state index in [9.17, 15) is 18.0 Å². The van der Waals surface area contributed by atoms with Crippen LogP contribution in [0.1, 0.15) is 5.69 Å². The minimum absolute atomic E-state index is 0.0137. The third kappa shape index (κ3) is 2.94. The molecule has 0 saturated carbocycles. The zero-order chi connectivity index (χ0) is 13.2. The molecule has 0 aliphatic carbocycles. The third-order valence-electron chi connectivity index (χ3n) is 2.09. The molecule has 0 amide bonds. The molecule has 2 rings (SSSR count). The first-order valence-electron chi connectivity index (χ1n) is 4.82. The molecule has 0 fully saturated rings. The van der Waals surface area contributed by atoms with E-state index in [0.29, 0.717) is 5.69 Å². The first-order chi connectivity index (χ1) is 8.47. The molecular formula is C9H9N3O4S2. The highest BCUT2D eigenvalue weighted by Gasteiger charge is 2.13. The van der Waals surface area contributed by atoms with Crippen LogP contribution >= 0.6 is 11.3 Å². The summed E-state index contributed by atoms with van der Waals surface area (Å²) in [5, 5.41) is 1.54. The van der Waals surface area contributed by atoms with Crippen molar-refractivity contribution in [3.8, 4) is 0 Å². The lowest BCUT2D eigenvalue weighted by atomic mass is 10.5. The van der Waals surface area contributed by atoms with Gasteiger partial charge in [0.1, 0.15) is 0 Å². The van der Waals surface area contributed by atoms with Crippen molar-refractivity contribution >= 4 is 21.4 Å². The molecule has 0 aliphatic rings. The van der Waals surface area contributed by atoms with E-state index in [1.54, 1.807) is 0 Å². The lowest BCUT2D eigenvalue weighted by Crippen LogP contribution is -2.24. The Kier molecular flexibility index (Phi) is 3.45. The predicted molar refractivity (Wildman–Crippen MR) is 66.0 cm³/mol. The number of hydrogen-bond donors (Lipinski definition) is 3. The van der Waals surface area contributed by atoms with E-state index in [2.05, 4.69) is 14.7 Å². The summed E-state index contributed by atoms with van der Waals surface area (Å²) in [6.45, 7) is -0.0137. The molecule has 2 aromatic heterocycles. The summed E-state index contributed by atoms with van der Waals surface area (Å²) in [6.07, 6.45) is 1.11. The highest BCUT2D eigenvalue weighted by molar-refractivity contribution is 7.89. The number of rotatable bonds is 4. The maximum absolute atomic E-state index is 11.8. The maximum atomic E-state index is 11.8. The van der Waals surface area contributed by atoms with Gasteiger partial charge in [-0.05, 0) is 6.07 Å². The topological polar surface area (TPSA) is 112 Å². The van der Waals surface area contributed by atoms with Crippen LogP contribution in [0.4, 0.5) is 0 Å². The summed E-state index contributed by atoms with van der Waals surface area (Å²) in [5.74, 6) is 0. The van der Waals surface area contributed by atoms with Gasteiger partial charge in [0.25, 0.3) is 0 Å².